The molecule has 1 rings (SSSR count). The molecule has 0 aromatic rings. The van der Waals surface area contributed by atoms with Crippen molar-refractivity contribution < 1.29 is 30.3 Å². The molecule has 5 N–H and O–H groups in total. The van der Waals surface area contributed by atoms with Gasteiger partial charge in [0.2, 0.25) is 0 Å². The number of hydrogen-bond acceptors (Lipinski definition) is 6. The van der Waals surface area contributed by atoms with Gasteiger partial charge in [-0.15, -0.1) is 0 Å². The van der Waals surface area contributed by atoms with E-state index in [2.05, 4.69) is 6.92 Å². The fourth-order valence-electron chi connectivity index (χ4n) is 3.90. The highest BCUT2D eigenvalue weighted by atomic mass is 32.2. The van der Waals surface area contributed by atoms with E-state index in [-0.39, 0.29) is 13.2 Å². The van der Waals surface area contributed by atoms with Crippen molar-refractivity contribution >= 4 is 10.9 Å². The molecule has 174 valence electrons. The second kappa shape index (κ2) is 16.8. The zero-order valence-electron chi connectivity index (χ0n) is 18.3. The van der Waals surface area contributed by atoms with Gasteiger partial charge < -0.3 is 30.3 Å². The van der Waals surface area contributed by atoms with Gasteiger partial charge in [0.15, 0.2) is 5.25 Å². The zero-order valence-corrected chi connectivity index (χ0v) is 19.1. The summed E-state index contributed by atoms with van der Waals surface area (Å²) in [6.45, 7) is 2.29. The lowest BCUT2D eigenvalue weighted by molar-refractivity contribution is -0.0555. The summed E-state index contributed by atoms with van der Waals surface area (Å²) in [5.74, 6) is 0.697. The minimum Gasteiger partial charge on any atom is -0.394 e. The first-order chi connectivity index (χ1) is 14.0. The van der Waals surface area contributed by atoms with Crippen LogP contribution in [0.3, 0.4) is 0 Å². The van der Waals surface area contributed by atoms with Gasteiger partial charge in [0.25, 0.3) is 0 Å². The third-order valence-corrected chi connectivity index (χ3v) is 8.67. The second-order valence-electron chi connectivity index (χ2n) is 8.34. The first kappa shape index (κ1) is 27.1. The van der Waals surface area contributed by atoms with E-state index in [9.17, 15) is 25.5 Å². The first-order valence-corrected chi connectivity index (χ1v) is 13.2. The van der Waals surface area contributed by atoms with Crippen LogP contribution in [-0.2, 0) is 15.6 Å². The summed E-state index contributed by atoms with van der Waals surface area (Å²) in [7, 11) is -0.486. The van der Waals surface area contributed by atoms with Crippen molar-refractivity contribution in [3.05, 3.63) is 0 Å². The Bertz CT molecular complexity index is 386. The van der Waals surface area contributed by atoms with Gasteiger partial charge in [0.05, 0.1) is 13.2 Å². The molecule has 0 aromatic heterocycles. The lowest BCUT2D eigenvalue weighted by Crippen LogP contribution is -2.42. The summed E-state index contributed by atoms with van der Waals surface area (Å²) >= 11 is 0. The van der Waals surface area contributed by atoms with Crippen LogP contribution in [-0.4, -0.2) is 86.5 Å². The van der Waals surface area contributed by atoms with E-state index in [0.717, 1.165) is 12.8 Å². The molecule has 6 atom stereocenters. The molecule has 0 aromatic carbocycles. The van der Waals surface area contributed by atoms with E-state index in [1.807, 2.05) is 0 Å². The monoisotopic (exact) mass is 437 g/mol. The number of aliphatic hydroxyl groups excluding tert-OH is 5. The summed E-state index contributed by atoms with van der Waals surface area (Å²) in [6.07, 6.45) is 10.5. The number of rotatable bonds is 18. The molecule has 0 bridgehead atoms. The summed E-state index contributed by atoms with van der Waals surface area (Å²) < 4.78 is 5.69. The molecule has 0 saturated carbocycles. The fourth-order valence-corrected chi connectivity index (χ4v) is 6.61. The van der Waals surface area contributed by atoms with Gasteiger partial charge in [-0.05, 0) is 6.42 Å². The Morgan fingerprint density at radius 1 is 0.897 bits per heavy atom. The van der Waals surface area contributed by atoms with Gasteiger partial charge >= 0.3 is 0 Å². The smallest absolute Gasteiger partial charge is 0.169 e. The standard InChI is InChI=1S/C22H45O6S/c1-2-3-4-5-6-7-8-9-10-11-12-13-28-20(14-23)18(25)16-29-17-19(26)22(27)21(29)15-24/h18-27H,2-17H2,1H3/q+1/t18?,19-,20+,21-,22+,29?/m1/s1. The van der Waals surface area contributed by atoms with Crippen LogP contribution < -0.4 is 0 Å². The Labute approximate surface area is 180 Å². The van der Waals surface area contributed by atoms with E-state index in [1.54, 1.807) is 0 Å². The van der Waals surface area contributed by atoms with Gasteiger partial charge in [0.1, 0.15) is 35.9 Å². The third-order valence-electron chi connectivity index (χ3n) is 5.84. The molecule has 1 saturated heterocycles. The molecule has 1 fully saturated rings. The molecule has 0 aliphatic carbocycles. The van der Waals surface area contributed by atoms with Gasteiger partial charge in [0, 0.05) is 17.5 Å². The van der Waals surface area contributed by atoms with Gasteiger partial charge in [-0.1, -0.05) is 71.1 Å². The van der Waals surface area contributed by atoms with Crippen LogP contribution in [0.15, 0.2) is 0 Å². The van der Waals surface area contributed by atoms with Crippen molar-refractivity contribution in [3.8, 4) is 0 Å². The lowest BCUT2D eigenvalue weighted by atomic mass is 10.1. The largest absolute Gasteiger partial charge is 0.394 e. The molecule has 1 heterocycles. The maximum Gasteiger partial charge on any atom is 0.169 e. The number of unbranched alkanes of at least 4 members (excludes halogenated alkanes) is 10. The molecule has 6 nitrogen and oxygen atoms in total. The Kier molecular flexibility index (Phi) is 15.7. The highest BCUT2D eigenvalue weighted by Gasteiger charge is 2.50. The molecule has 0 spiro atoms. The highest BCUT2D eigenvalue weighted by Crippen LogP contribution is 2.25. The quantitative estimate of drug-likeness (QED) is 0.165. The molecular weight excluding hydrogens is 392 g/mol. The molecule has 2 unspecified atom stereocenters. The van der Waals surface area contributed by atoms with Crippen LogP contribution in [0.2, 0.25) is 0 Å². The van der Waals surface area contributed by atoms with Crippen LogP contribution in [0.5, 0.6) is 0 Å². The normalized spacial score (nSPS) is 26.7. The predicted molar refractivity (Wildman–Crippen MR) is 119 cm³/mol. The Balaban J connectivity index is 2.09. The van der Waals surface area contributed by atoms with E-state index in [4.69, 9.17) is 4.74 Å². The van der Waals surface area contributed by atoms with Crippen LogP contribution in [0, 0.1) is 0 Å². The topological polar surface area (TPSA) is 110 Å². The Morgan fingerprint density at radius 3 is 1.97 bits per heavy atom. The molecule has 7 heteroatoms. The van der Waals surface area contributed by atoms with Crippen molar-refractivity contribution in [1.29, 1.82) is 0 Å². The molecule has 0 amide bonds. The van der Waals surface area contributed by atoms with Crippen molar-refractivity contribution in [2.75, 3.05) is 31.3 Å². The number of ether oxygens (including phenoxy) is 1. The summed E-state index contributed by atoms with van der Waals surface area (Å²) in [4.78, 5) is 0. The van der Waals surface area contributed by atoms with Crippen LogP contribution in [0.1, 0.15) is 77.6 Å². The molecule has 1 aliphatic heterocycles. The third kappa shape index (κ3) is 10.8. The van der Waals surface area contributed by atoms with Gasteiger partial charge in [-0.3, -0.25) is 0 Å². The Hall–Kier alpha value is 0.110. The van der Waals surface area contributed by atoms with Gasteiger partial charge in [-0.2, -0.15) is 0 Å². The number of aliphatic hydroxyl groups is 5. The maximum absolute atomic E-state index is 10.4. The lowest BCUT2D eigenvalue weighted by Gasteiger charge is -2.22. The SMILES string of the molecule is CCCCCCCCCCCCCO[C@@H](CO)C(O)C[S+]1C[C@@H](O)[C@H](O)[C@H]1CO. The van der Waals surface area contributed by atoms with Crippen molar-refractivity contribution in [2.24, 2.45) is 0 Å². The summed E-state index contributed by atoms with van der Waals surface area (Å²) in [5.41, 5.74) is 0. The van der Waals surface area contributed by atoms with E-state index in [0.29, 0.717) is 18.1 Å². The maximum atomic E-state index is 10.4. The van der Waals surface area contributed by atoms with Crippen molar-refractivity contribution in [1.82, 2.24) is 0 Å². The van der Waals surface area contributed by atoms with Crippen LogP contribution in [0.25, 0.3) is 0 Å². The molecule has 29 heavy (non-hydrogen) atoms. The minimum absolute atomic E-state index is 0.211. The van der Waals surface area contributed by atoms with E-state index < -0.39 is 40.6 Å². The minimum atomic E-state index is -0.944. The zero-order chi connectivity index (χ0) is 21.5. The average molecular weight is 438 g/mol. The summed E-state index contributed by atoms with van der Waals surface area (Å²) in [5, 5.41) is 48.7. The summed E-state index contributed by atoms with van der Waals surface area (Å²) in [6, 6.07) is 0. The Morgan fingerprint density at radius 2 is 1.45 bits per heavy atom. The van der Waals surface area contributed by atoms with Gasteiger partial charge in [-0.25, -0.2) is 0 Å². The van der Waals surface area contributed by atoms with Crippen molar-refractivity contribution in [3.63, 3.8) is 0 Å². The first-order valence-electron chi connectivity index (χ1n) is 11.6. The van der Waals surface area contributed by atoms with E-state index >= 15 is 0 Å². The molecule has 1 aliphatic rings. The highest BCUT2D eigenvalue weighted by molar-refractivity contribution is 7.97. The van der Waals surface area contributed by atoms with Crippen LogP contribution >= 0.6 is 0 Å². The molecular formula is C22H45O6S+. The van der Waals surface area contributed by atoms with Crippen molar-refractivity contribution in [2.45, 2.75) is 107 Å². The average Bonchev–Trinajstić information content (AvgIpc) is 2.98. The number of hydrogen-bond donors (Lipinski definition) is 5. The van der Waals surface area contributed by atoms with Crippen LogP contribution in [0.4, 0.5) is 0 Å². The fraction of sp³-hybridized carbons (Fsp3) is 1.00. The predicted octanol–water partition coefficient (Wildman–Crippen LogP) is 1.75. The van der Waals surface area contributed by atoms with E-state index in [1.165, 1.54) is 57.8 Å². The molecule has 0 radical (unpaired) electrons. The second-order valence-corrected chi connectivity index (χ2v) is 10.7.